The van der Waals surface area contributed by atoms with Crippen molar-refractivity contribution in [3.05, 3.63) is 26.7 Å². The van der Waals surface area contributed by atoms with Crippen LogP contribution in [0.4, 0.5) is 5.00 Å². The summed E-state index contributed by atoms with van der Waals surface area (Å²) in [6, 6.07) is 6.04. The zero-order valence-electron chi connectivity index (χ0n) is 14.3. The van der Waals surface area contributed by atoms with Crippen molar-refractivity contribution < 1.29 is 30.8 Å². The van der Waals surface area contributed by atoms with Gasteiger partial charge < -0.3 is 0 Å². The molecule has 24 heavy (non-hydrogen) atoms. The molecule has 0 unspecified atom stereocenters. The zero-order chi connectivity index (χ0) is 17.9. The van der Waals surface area contributed by atoms with Crippen LogP contribution in [-0.2, 0) is 9.59 Å². The van der Waals surface area contributed by atoms with Crippen LogP contribution >= 0.6 is 11.3 Å². The second kappa shape index (κ2) is 7.66. The number of amides is 2. The Labute approximate surface area is 157 Å². The maximum absolute atomic E-state index is 12.5. The third kappa shape index (κ3) is 4.57. The number of allylic oxidation sites excluding steroid dienone is 1. The van der Waals surface area contributed by atoms with Gasteiger partial charge in [0.15, 0.2) is 0 Å². The average molecular weight is 458 g/mol. The molecule has 1 fully saturated rings. The Balaban J connectivity index is 2.10. The Kier molecular flexibility index (Phi) is 6.04. The van der Waals surface area contributed by atoms with Crippen molar-refractivity contribution in [2.45, 2.75) is 20.8 Å². The predicted octanol–water partition coefficient (Wildman–Crippen LogP) is -0.692. The van der Waals surface area contributed by atoms with Gasteiger partial charge in [-0.1, -0.05) is 0 Å². The van der Waals surface area contributed by atoms with Gasteiger partial charge in [0, 0.05) is 0 Å². The molecule has 0 N–H and O–H groups in total. The summed E-state index contributed by atoms with van der Waals surface area (Å²) in [4.78, 5) is 30.4. The first-order valence-electron chi connectivity index (χ1n) is 7.57. The minimum absolute atomic E-state index is 0.0208. The van der Waals surface area contributed by atoms with E-state index in [1.54, 1.807) is 22.3 Å². The summed E-state index contributed by atoms with van der Waals surface area (Å²) >= 11 is 1.68. The third-order valence-corrected chi connectivity index (χ3v) is 7.46. The van der Waals surface area contributed by atoms with Gasteiger partial charge in [-0.25, -0.2) is 0 Å². The zero-order valence-corrected chi connectivity index (χ0v) is 17.3. The fraction of sp³-hybridized carbons (Fsp3) is 0.471. The SMILES string of the molecule is C[I-]c1ccc(N2CCN(C(=O)/C(C#N)=C/C(C)(C)C)CC2=O)s1. The maximum atomic E-state index is 12.5. The van der Waals surface area contributed by atoms with Crippen LogP contribution in [0.2, 0.25) is 0 Å². The summed E-state index contributed by atoms with van der Waals surface area (Å²) < 4.78 is 1.34. The molecule has 0 atom stereocenters. The van der Waals surface area contributed by atoms with E-state index in [1.807, 2.05) is 32.9 Å². The van der Waals surface area contributed by atoms with E-state index in [2.05, 4.69) is 11.0 Å². The molecule has 0 saturated carbocycles. The van der Waals surface area contributed by atoms with Gasteiger partial charge in [-0.15, -0.1) is 0 Å². The van der Waals surface area contributed by atoms with Crippen LogP contribution in [0.1, 0.15) is 20.8 Å². The Bertz CT molecular complexity index is 712. The van der Waals surface area contributed by atoms with E-state index in [0.717, 1.165) is 5.00 Å². The van der Waals surface area contributed by atoms with Gasteiger partial charge in [0.1, 0.15) is 0 Å². The van der Waals surface area contributed by atoms with E-state index in [4.69, 9.17) is 0 Å². The number of carbonyl (C=O) groups is 2. The minimum atomic E-state index is -0.355. The van der Waals surface area contributed by atoms with Gasteiger partial charge in [0.2, 0.25) is 0 Å². The molecular formula is C17H21IN3O2S-. The monoisotopic (exact) mass is 458 g/mol. The number of halogens is 1. The van der Waals surface area contributed by atoms with Crippen LogP contribution < -0.4 is 26.1 Å². The number of rotatable bonds is 3. The number of alkyl halides is 1. The van der Waals surface area contributed by atoms with Crippen LogP contribution in [0.5, 0.6) is 0 Å². The quantitative estimate of drug-likeness (QED) is 0.261. The van der Waals surface area contributed by atoms with Crippen molar-refractivity contribution in [1.82, 2.24) is 4.90 Å². The van der Waals surface area contributed by atoms with E-state index in [-0.39, 0.29) is 50.6 Å². The molecule has 1 aliphatic rings. The molecule has 1 saturated heterocycles. The summed E-state index contributed by atoms with van der Waals surface area (Å²) in [5, 5.41) is 10.2. The number of hydrogen-bond donors (Lipinski definition) is 0. The molecule has 5 nitrogen and oxygen atoms in total. The fourth-order valence-corrected chi connectivity index (χ4v) is 5.11. The van der Waals surface area contributed by atoms with Gasteiger partial charge in [0.25, 0.3) is 0 Å². The predicted molar refractivity (Wildman–Crippen MR) is 91.0 cm³/mol. The molecule has 0 aliphatic carbocycles. The standard InChI is InChI=1S/C17H21IN3O2S/c1-17(2,3)9-12(10-19)16(23)20-7-8-21(14(22)11-20)15-6-5-13(18-4)24-15/h5-6,9H,7-8,11H2,1-4H3/q-1/b12-9+. The second-order valence-corrected chi connectivity index (χ2v) is 10.6. The van der Waals surface area contributed by atoms with Gasteiger partial charge in [-0.3, -0.25) is 0 Å². The topological polar surface area (TPSA) is 64.4 Å². The Morgan fingerprint density at radius 2 is 2.08 bits per heavy atom. The van der Waals surface area contributed by atoms with E-state index in [9.17, 15) is 14.9 Å². The third-order valence-electron chi connectivity index (χ3n) is 3.45. The molecule has 0 radical (unpaired) electrons. The van der Waals surface area contributed by atoms with Crippen molar-refractivity contribution in [2.24, 2.45) is 5.41 Å². The van der Waals surface area contributed by atoms with E-state index in [0.29, 0.717) is 13.1 Å². The summed E-state index contributed by atoms with van der Waals surface area (Å²) in [7, 11) is 0. The van der Waals surface area contributed by atoms with E-state index in [1.165, 1.54) is 7.78 Å². The van der Waals surface area contributed by atoms with Crippen molar-refractivity contribution >= 4 is 28.2 Å². The van der Waals surface area contributed by atoms with Crippen LogP contribution in [-0.4, -0.2) is 41.3 Å². The number of hydrogen-bond acceptors (Lipinski definition) is 4. The van der Waals surface area contributed by atoms with Crippen LogP contribution in [0.3, 0.4) is 0 Å². The Hall–Kier alpha value is -1.40. The summed E-state index contributed by atoms with van der Waals surface area (Å²) in [6.45, 7) is 6.75. The molecule has 130 valence electrons. The molecule has 2 amide bonds. The van der Waals surface area contributed by atoms with Gasteiger partial charge in [-0.2, -0.15) is 0 Å². The van der Waals surface area contributed by atoms with E-state index < -0.39 is 0 Å². The first kappa shape index (κ1) is 18.9. The molecule has 7 heteroatoms. The van der Waals surface area contributed by atoms with Crippen molar-refractivity contribution in [2.75, 3.05) is 29.5 Å². The molecule has 2 rings (SSSR count). The Morgan fingerprint density at radius 3 is 2.58 bits per heavy atom. The fourth-order valence-electron chi connectivity index (χ4n) is 2.38. The first-order valence-corrected chi connectivity index (χ1v) is 11.6. The molecule has 1 aromatic rings. The molecule has 2 heterocycles. The summed E-state index contributed by atoms with van der Waals surface area (Å²) in [5.74, 6) is -0.447. The molecule has 0 aromatic carbocycles. The summed E-state index contributed by atoms with van der Waals surface area (Å²) in [6.07, 6.45) is 1.67. The number of nitriles is 1. The number of piperazine rings is 1. The van der Waals surface area contributed by atoms with Crippen molar-refractivity contribution in [3.63, 3.8) is 0 Å². The van der Waals surface area contributed by atoms with Crippen LogP contribution in [0.15, 0.2) is 23.8 Å². The van der Waals surface area contributed by atoms with Gasteiger partial charge in [-0.05, 0) is 0 Å². The molecule has 0 spiro atoms. The molecule has 0 bridgehead atoms. The van der Waals surface area contributed by atoms with Crippen molar-refractivity contribution in [1.29, 1.82) is 5.26 Å². The number of nitrogens with zero attached hydrogens (tertiary/aromatic N) is 3. The molecule has 1 aromatic heterocycles. The van der Waals surface area contributed by atoms with Crippen molar-refractivity contribution in [3.8, 4) is 6.07 Å². The van der Waals surface area contributed by atoms with E-state index >= 15 is 0 Å². The van der Waals surface area contributed by atoms with Gasteiger partial charge in [0.05, 0.1) is 0 Å². The van der Waals surface area contributed by atoms with Crippen LogP contribution in [0.25, 0.3) is 0 Å². The normalized spacial score (nSPS) is 16.5. The molecular weight excluding hydrogens is 437 g/mol. The second-order valence-electron chi connectivity index (χ2n) is 6.57. The van der Waals surface area contributed by atoms with Crippen LogP contribution in [0, 0.1) is 19.6 Å². The van der Waals surface area contributed by atoms with Gasteiger partial charge >= 0.3 is 157 Å². The summed E-state index contributed by atoms with van der Waals surface area (Å²) in [5.41, 5.74) is -0.152. The molecule has 1 aliphatic heterocycles. The first-order chi connectivity index (χ1) is 11.2. The number of thiophene rings is 1. The number of carbonyl (C=O) groups excluding carboxylic acids is 2. The number of anilines is 1. The average Bonchev–Trinajstić information content (AvgIpc) is 2.99. The Morgan fingerprint density at radius 1 is 1.38 bits per heavy atom.